The molecule has 1 aromatic carbocycles. The van der Waals surface area contributed by atoms with E-state index in [4.69, 9.17) is 14.6 Å². The molecule has 1 aliphatic rings. The number of methoxy groups -OCH3 is 1. The van der Waals surface area contributed by atoms with Gasteiger partial charge in [0, 0.05) is 12.7 Å². The lowest BCUT2D eigenvalue weighted by Crippen LogP contribution is -2.26. The van der Waals surface area contributed by atoms with Gasteiger partial charge in [0.15, 0.2) is 0 Å². The van der Waals surface area contributed by atoms with Gasteiger partial charge in [-0.1, -0.05) is 0 Å². The molecule has 0 amide bonds. The van der Waals surface area contributed by atoms with E-state index in [1.165, 1.54) is 25.3 Å². The molecule has 116 valence electrons. The Morgan fingerprint density at radius 2 is 2.29 bits per heavy atom. The Hall–Kier alpha value is -1.80. The molecule has 0 aliphatic carbocycles. The van der Waals surface area contributed by atoms with E-state index in [1.54, 1.807) is 0 Å². The third-order valence-electron chi connectivity index (χ3n) is 3.15. The predicted octanol–water partition coefficient (Wildman–Crippen LogP) is 1.31. The number of carboxylic acids is 1. The van der Waals surface area contributed by atoms with Crippen LogP contribution in [0.4, 0.5) is 5.69 Å². The number of sulfonamides is 1. The third kappa shape index (κ3) is 4.08. The van der Waals surface area contributed by atoms with Crippen molar-refractivity contribution in [2.75, 3.05) is 24.2 Å². The first-order chi connectivity index (χ1) is 9.91. The van der Waals surface area contributed by atoms with Crippen molar-refractivity contribution in [3.05, 3.63) is 23.8 Å². The van der Waals surface area contributed by atoms with Crippen LogP contribution in [-0.2, 0) is 14.8 Å². The van der Waals surface area contributed by atoms with Gasteiger partial charge < -0.3 is 14.6 Å². The Balaban J connectivity index is 2.21. The van der Waals surface area contributed by atoms with E-state index in [-0.39, 0.29) is 23.1 Å². The van der Waals surface area contributed by atoms with Gasteiger partial charge in [-0.25, -0.2) is 13.2 Å². The van der Waals surface area contributed by atoms with E-state index >= 15 is 0 Å². The van der Waals surface area contributed by atoms with Gasteiger partial charge in [-0.3, -0.25) is 4.72 Å². The molecule has 1 unspecified atom stereocenters. The average Bonchev–Trinajstić information content (AvgIpc) is 2.89. The molecule has 1 aromatic rings. The Bertz CT molecular complexity index is 622. The first-order valence-electron chi connectivity index (χ1n) is 6.45. The normalized spacial score (nSPS) is 18.4. The Labute approximate surface area is 122 Å². The topological polar surface area (TPSA) is 102 Å². The van der Waals surface area contributed by atoms with Crippen molar-refractivity contribution < 1.29 is 27.8 Å². The zero-order valence-corrected chi connectivity index (χ0v) is 12.4. The van der Waals surface area contributed by atoms with Gasteiger partial charge in [0.2, 0.25) is 10.0 Å². The van der Waals surface area contributed by atoms with E-state index in [2.05, 4.69) is 4.72 Å². The van der Waals surface area contributed by atoms with Crippen LogP contribution in [0.2, 0.25) is 0 Å². The lowest BCUT2D eigenvalue weighted by Gasteiger charge is -2.14. The van der Waals surface area contributed by atoms with Gasteiger partial charge in [0.1, 0.15) is 5.75 Å². The maximum atomic E-state index is 12.1. The predicted molar refractivity (Wildman–Crippen MR) is 76.3 cm³/mol. The summed E-state index contributed by atoms with van der Waals surface area (Å²) in [5, 5.41) is 9.11. The number of hydrogen-bond donors (Lipinski definition) is 2. The van der Waals surface area contributed by atoms with Gasteiger partial charge in [-0.2, -0.15) is 0 Å². The molecule has 1 fully saturated rings. The zero-order valence-electron chi connectivity index (χ0n) is 11.5. The second-order valence-corrected chi connectivity index (χ2v) is 6.50. The number of benzene rings is 1. The number of nitrogens with one attached hydrogen (secondary N) is 1. The third-order valence-corrected chi connectivity index (χ3v) is 4.49. The highest BCUT2D eigenvalue weighted by molar-refractivity contribution is 7.92. The summed E-state index contributed by atoms with van der Waals surface area (Å²) in [4.78, 5) is 11.2. The van der Waals surface area contributed by atoms with Crippen LogP contribution in [0.3, 0.4) is 0 Å². The molecule has 21 heavy (non-hydrogen) atoms. The number of rotatable bonds is 6. The molecular weight excluding hydrogens is 298 g/mol. The molecule has 1 heterocycles. The molecule has 0 radical (unpaired) electrons. The molecule has 1 atom stereocenters. The standard InChI is InChI=1S/C13H17NO6S/c1-19-9-4-5-11(13(15)16)12(7-9)14-21(17,18)8-10-3-2-6-20-10/h4-5,7,10,14H,2-3,6,8H2,1H3,(H,15,16). The summed E-state index contributed by atoms with van der Waals surface area (Å²) < 4.78 is 36.8. The first kappa shape index (κ1) is 15.6. The Morgan fingerprint density at radius 1 is 1.52 bits per heavy atom. The minimum Gasteiger partial charge on any atom is -0.497 e. The van der Waals surface area contributed by atoms with Gasteiger partial charge >= 0.3 is 5.97 Å². The van der Waals surface area contributed by atoms with Crippen LogP contribution in [0.15, 0.2) is 18.2 Å². The minimum absolute atomic E-state index is 0.0140. The summed E-state index contributed by atoms with van der Waals surface area (Å²) in [7, 11) is -2.28. The average molecular weight is 315 g/mol. The fourth-order valence-electron chi connectivity index (χ4n) is 2.15. The fraction of sp³-hybridized carbons (Fsp3) is 0.462. The van der Waals surface area contributed by atoms with Gasteiger partial charge in [0.05, 0.1) is 30.2 Å². The van der Waals surface area contributed by atoms with Crippen LogP contribution in [0, 0.1) is 0 Å². The quantitative estimate of drug-likeness (QED) is 0.820. The maximum Gasteiger partial charge on any atom is 0.337 e. The molecule has 8 heteroatoms. The summed E-state index contributed by atoms with van der Waals surface area (Å²) in [5.74, 6) is -1.04. The van der Waals surface area contributed by atoms with Crippen molar-refractivity contribution in [3.63, 3.8) is 0 Å². The lowest BCUT2D eigenvalue weighted by molar-refractivity contribution is 0.0698. The minimum atomic E-state index is -3.69. The van der Waals surface area contributed by atoms with E-state index < -0.39 is 16.0 Å². The number of carbonyl (C=O) groups is 1. The van der Waals surface area contributed by atoms with E-state index in [0.717, 1.165) is 6.42 Å². The summed E-state index contributed by atoms with van der Waals surface area (Å²) in [6.45, 7) is 0.555. The first-order valence-corrected chi connectivity index (χ1v) is 8.10. The van der Waals surface area contributed by atoms with Crippen molar-refractivity contribution in [2.24, 2.45) is 0 Å². The largest absolute Gasteiger partial charge is 0.497 e. The van der Waals surface area contributed by atoms with Crippen LogP contribution >= 0.6 is 0 Å². The highest BCUT2D eigenvalue weighted by Crippen LogP contribution is 2.24. The molecule has 0 aromatic heterocycles. The lowest BCUT2D eigenvalue weighted by atomic mass is 10.2. The van der Waals surface area contributed by atoms with Crippen LogP contribution in [0.1, 0.15) is 23.2 Å². The van der Waals surface area contributed by atoms with Crippen molar-refractivity contribution in [1.82, 2.24) is 0 Å². The van der Waals surface area contributed by atoms with E-state index in [9.17, 15) is 13.2 Å². The van der Waals surface area contributed by atoms with Crippen molar-refractivity contribution in [1.29, 1.82) is 0 Å². The zero-order chi connectivity index (χ0) is 15.5. The van der Waals surface area contributed by atoms with Gasteiger partial charge in [-0.05, 0) is 25.0 Å². The van der Waals surface area contributed by atoms with Gasteiger partial charge in [-0.15, -0.1) is 0 Å². The molecule has 2 N–H and O–H groups in total. The Kier molecular flexibility index (Phi) is 4.69. The van der Waals surface area contributed by atoms with Crippen molar-refractivity contribution in [3.8, 4) is 5.75 Å². The summed E-state index contributed by atoms with van der Waals surface area (Å²) in [6.07, 6.45) is 1.17. The maximum absolute atomic E-state index is 12.1. The number of anilines is 1. The van der Waals surface area contributed by atoms with Crippen LogP contribution < -0.4 is 9.46 Å². The molecular formula is C13H17NO6S. The highest BCUT2D eigenvalue weighted by atomic mass is 32.2. The molecule has 2 rings (SSSR count). The SMILES string of the molecule is COc1ccc(C(=O)O)c(NS(=O)(=O)CC2CCCO2)c1. The molecule has 0 saturated carbocycles. The van der Waals surface area contributed by atoms with E-state index in [1.807, 2.05) is 0 Å². The van der Waals surface area contributed by atoms with Gasteiger partial charge in [0.25, 0.3) is 0 Å². The highest BCUT2D eigenvalue weighted by Gasteiger charge is 2.24. The molecule has 0 spiro atoms. The van der Waals surface area contributed by atoms with Crippen LogP contribution in [0.25, 0.3) is 0 Å². The smallest absolute Gasteiger partial charge is 0.337 e. The fourth-order valence-corrected chi connectivity index (χ4v) is 3.49. The summed E-state index contributed by atoms with van der Waals surface area (Å²) in [6, 6.07) is 4.10. The second kappa shape index (κ2) is 6.31. The number of aromatic carboxylic acids is 1. The second-order valence-electron chi connectivity index (χ2n) is 4.74. The molecule has 0 bridgehead atoms. The van der Waals surface area contributed by atoms with Crippen molar-refractivity contribution >= 4 is 21.7 Å². The molecule has 1 saturated heterocycles. The monoisotopic (exact) mass is 315 g/mol. The molecule has 1 aliphatic heterocycles. The summed E-state index contributed by atoms with van der Waals surface area (Å²) in [5.41, 5.74) is -0.147. The molecule has 7 nitrogen and oxygen atoms in total. The number of hydrogen-bond acceptors (Lipinski definition) is 5. The number of ether oxygens (including phenoxy) is 2. The Morgan fingerprint density at radius 3 is 2.86 bits per heavy atom. The summed E-state index contributed by atoms with van der Waals surface area (Å²) >= 11 is 0. The van der Waals surface area contributed by atoms with Crippen LogP contribution in [0.5, 0.6) is 5.75 Å². The van der Waals surface area contributed by atoms with E-state index in [0.29, 0.717) is 18.8 Å². The van der Waals surface area contributed by atoms with Crippen LogP contribution in [-0.4, -0.2) is 45.1 Å². The van der Waals surface area contributed by atoms with Crippen molar-refractivity contribution in [2.45, 2.75) is 18.9 Å². The number of carboxylic acid groups (broad SMARTS) is 1.